The molecule has 1 amide bonds. The van der Waals surface area contributed by atoms with Crippen LogP contribution in [0.4, 0.5) is 4.39 Å². The fourth-order valence-corrected chi connectivity index (χ4v) is 6.10. The van der Waals surface area contributed by atoms with Crippen LogP contribution >= 0.6 is 11.6 Å². The number of nitrogens with one attached hydrogen (secondary N) is 1. The van der Waals surface area contributed by atoms with Crippen molar-refractivity contribution in [1.29, 1.82) is 0 Å². The molecule has 180 valence electrons. The average molecular weight is 490 g/mol. The molecule has 0 aromatic heterocycles. The van der Waals surface area contributed by atoms with E-state index in [1.165, 1.54) is 10.4 Å². The molecule has 0 saturated carbocycles. The second-order valence-corrected chi connectivity index (χ2v) is 11.3. The Balaban J connectivity index is 1.53. The van der Waals surface area contributed by atoms with Gasteiger partial charge < -0.3 is 10.1 Å². The van der Waals surface area contributed by atoms with Crippen LogP contribution < -0.4 is 5.32 Å². The summed E-state index contributed by atoms with van der Waals surface area (Å²) >= 11 is 5.75. The highest BCUT2D eigenvalue weighted by Crippen LogP contribution is 2.26. The van der Waals surface area contributed by atoms with E-state index in [2.05, 4.69) is 24.1 Å². The Morgan fingerprint density at radius 3 is 2.47 bits per heavy atom. The summed E-state index contributed by atoms with van der Waals surface area (Å²) in [5.41, 5.74) is 0. The van der Waals surface area contributed by atoms with Crippen LogP contribution in [0.15, 0.2) is 23.1 Å². The Hall–Kier alpha value is -1.26. The number of halogens is 2. The number of nitrogens with zero attached hydrogens (tertiary/aromatic N) is 2. The second-order valence-electron chi connectivity index (χ2n) is 8.93. The van der Waals surface area contributed by atoms with Gasteiger partial charge in [-0.05, 0) is 43.4 Å². The number of ether oxygens (including phenoxy) is 1. The highest BCUT2D eigenvalue weighted by molar-refractivity contribution is 7.89. The summed E-state index contributed by atoms with van der Waals surface area (Å²) in [6, 6.07) is 3.67. The first-order valence-corrected chi connectivity index (χ1v) is 13.0. The van der Waals surface area contributed by atoms with E-state index in [0.717, 1.165) is 44.9 Å². The molecule has 1 aromatic carbocycles. The first-order chi connectivity index (χ1) is 15.2. The zero-order valence-corrected chi connectivity index (χ0v) is 20.3. The molecule has 1 N–H and O–H groups in total. The molecule has 2 aliphatic heterocycles. The second kappa shape index (κ2) is 11.2. The molecule has 3 rings (SSSR count). The Morgan fingerprint density at radius 1 is 1.22 bits per heavy atom. The van der Waals surface area contributed by atoms with Crippen molar-refractivity contribution in [2.45, 2.75) is 44.0 Å². The van der Waals surface area contributed by atoms with Gasteiger partial charge >= 0.3 is 0 Å². The zero-order valence-electron chi connectivity index (χ0n) is 18.7. The van der Waals surface area contributed by atoms with E-state index in [1.54, 1.807) is 0 Å². The number of carbonyl (C=O) groups is 1. The van der Waals surface area contributed by atoms with E-state index in [9.17, 15) is 17.6 Å². The van der Waals surface area contributed by atoms with Gasteiger partial charge in [0, 0.05) is 44.7 Å². The maximum atomic E-state index is 13.4. The predicted octanol–water partition coefficient (Wildman–Crippen LogP) is 2.74. The van der Waals surface area contributed by atoms with Crippen molar-refractivity contribution in [1.82, 2.24) is 14.5 Å². The van der Waals surface area contributed by atoms with Crippen molar-refractivity contribution >= 4 is 27.5 Å². The molecule has 2 saturated heterocycles. The lowest BCUT2D eigenvalue weighted by molar-refractivity contribution is -0.126. The van der Waals surface area contributed by atoms with Gasteiger partial charge in [0.25, 0.3) is 0 Å². The number of benzene rings is 1. The molecule has 10 heteroatoms. The molecule has 7 nitrogen and oxygen atoms in total. The Morgan fingerprint density at radius 2 is 1.88 bits per heavy atom. The third-order valence-electron chi connectivity index (χ3n) is 6.17. The molecule has 0 aliphatic carbocycles. The number of carbonyl (C=O) groups excluding carboxylic acids is 1. The van der Waals surface area contributed by atoms with E-state index in [4.69, 9.17) is 16.3 Å². The first-order valence-electron chi connectivity index (χ1n) is 11.2. The molecule has 32 heavy (non-hydrogen) atoms. The fraction of sp³-hybridized carbons (Fsp3) is 0.682. The number of amides is 1. The molecule has 2 heterocycles. The number of hydrogen-bond acceptors (Lipinski definition) is 5. The normalized spacial score (nSPS) is 20.4. The molecular weight excluding hydrogens is 457 g/mol. The van der Waals surface area contributed by atoms with Crippen molar-refractivity contribution in [3.8, 4) is 0 Å². The zero-order chi connectivity index (χ0) is 23.3. The van der Waals surface area contributed by atoms with Gasteiger partial charge in [-0.15, -0.1) is 0 Å². The molecule has 2 fully saturated rings. The van der Waals surface area contributed by atoms with Gasteiger partial charge in [0.15, 0.2) is 0 Å². The number of piperidine rings is 1. The highest BCUT2D eigenvalue weighted by atomic mass is 35.5. The summed E-state index contributed by atoms with van der Waals surface area (Å²) in [4.78, 5) is 15.1. The van der Waals surface area contributed by atoms with Crippen molar-refractivity contribution < 1.29 is 22.3 Å². The minimum atomic E-state index is -3.77. The van der Waals surface area contributed by atoms with Gasteiger partial charge in [0.05, 0.1) is 23.1 Å². The maximum absolute atomic E-state index is 13.4. The topological polar surface area (TPSA) is 79.0 Å². The van der Waals surface area contributed by atoms with Crippen LogP contribution in [0.1, 0.15) is 33.1 Å². The standard InChI is InChI=1S/C22H33ClFN3O4S/c1-16(2)13-18(26-9-11-31-12-10-26)15-25-22(28)17-5-7-27(8-6-17)32(29,30)19-3-4-21(24)20(23)14-19/h3-4,14,16-18H,5-13,15H2,1-2H3,(H,25,28). The van der Waals surface area contributed by atoms with E-state index in [0.29, 0.717) is 25.3 Å². The van der Waals surface area contributed by atoms with Gasteiger partial charge in [0.2, 0.25) is 15.9 Å². The van der Waals surface area contributed by atoms with Crippen molar-refractivity contribution in [2.75, 3.05) is 45.9 Å². The SMILES string of the molecule is CC(C)CC(CNC(=O)C1CCN(S(=O)(=O)c2ccc(F)c(Cl)c2)CC1)N1CCOCC1. The van der Waals surface area contributed by atoms with Gasteiger partial charge in [-0.25, -0.2) is 12.8 Å². The van der Waals surface area contributed by atoms with Crippen LogP contribution in [-0.2, 0) is 19.6 Å². The molecule has 1 atom stereocenters. The number of rotatable bonds is 8. The van der Waals surface area contributed by atoms with Crippen molar-refractivity contribution in [2.24, 2.45) is 11.8 Å². The average Bonchev–Trinajstić information content (AvgIpc) is 2.78. The van der Waals surface area contributed by atoms with Gasteiger partial charge in [0.1, 0.15) is 5.82 Å². The van der Waals surface area contributed by atoms with E-state index in [1.807, 2.05) is 0 Å². The Kier molecular flexibility index (Phi) is 8.91. The molecule has 1 unspecified atom stereocenters. The van der Waals surface area contributed by atoms with Crippen molar-refractivity contribution in [3.05, 3.63) is 29.0 Å². The third-order valence-corrected chi connectivity index (χ3v) is 8.36. The van der Waals surface area contributed by atoms with Crippen molar-refractivity contribution in [3.63, 3.8) is 0 Å². The third kappa shape index (κ3) is 6.41. The fourth-order valence-electron chi connectivity index (χ4n) is 4.36. The van der Waals surface area contributed by atoms with Crippen LogP contribution in [0.5, 0.6) is 0 Å². The van der Waals surface area contributed by atoms with Gasteiger partial charge in [-0.1, -0.05) is 25.4 Å². The largest absolute Gasteiger partial charge is 0.379 e. The van der Waals surface area contributed by atoms with Crippen LogP contribution in [-0.4, -0.2) is 75.5 Å². The van der Waals surface area contributed by atoms with Gasteiger partial charge in [-0.2, -0.15) is 4.31 Å². The van der Waals surface area contributed by atoms with Crippen LogP contribution in [0.25, 0.3) is 0 Å². The lowest BCUT2D eigenvalue weighted by Crippen LogP contribution is -2.50. The van der Waals surface area contributed by atoms with E-state index < -0.39 is 15.8 Å². The predicted molar refractivity (Wildman–Crippen MR) is 122 cm³/mol. The molecule has 0 spiro atoms. The number of hydrogen-bond donors (Lipinski definition) is 1. The molecule has 0 radical (unpaired) electrons. The molecular formula is C22H33ClFN3O4S. The summed E-state index contributed by atoms with van der Waals surface area (Å²) in [6.07, 6.45) is 1.90. The molecule has 1 aromatic rings. The lowest BCUT2D eigenvalue weighted by atomic mass is 9.96. The van der Waals surface area contributed by atoms with E-state index in [-0.39, 0.29) is 40.9 Å². The number of morpholine rings is 1. The lowest BCUT2D eigenvalue weighted by Gasteiger charge is -2.36. The summed E-state index contributed by atoms with van der Waals surface area (Å²) in [6.45, 7) is 8.61. The summed E-state index contributed by atoms with van der Waals surface area (Å²) in [5.74, 6) is -0.376. The minimum Gasteiger partial charge on any atom is -0.379 e. The molecule has 0 bridgehead atoms. The summed E-state index contributed by atoms with van der Waals surface area (Å²) in [5, 5.41) is 2.88. The number of sulfonamides is 1. The quantitative estimate of drug-likeness (QED) is 0.607. The molecule has 2 aliphatic rings. The Bertz CT molecular complexity index is 885. The van der Waals surface area contributed by atoms with E-state index >= 15 is 0 Å². The smallest absolute Gasteiger partial charge is 0.243 e. The Labute approximate surface area is 195 Å². The van der Waals surface area contributed by atoms with Crippen LogP contribution in [0, 0.1) is 17.7 Å². The summed E-state index contributed by atoms with van der Waals surface area (Å²) in [7, 11) is -3.77. The van der Waals surface area contributed by atoms with Crippen LogP contribution in [0.2, 0.25) is 5.02 Å². The monoisotopic (exact) mass is 489 g/mol. The summed E-state index contributed by atoms with van der Waals surface area (Å²) < 4.78 is 45.9. The minimum absolute atomic E-state index is 0.0195. The van der Waals surface area contributed by atoms with Gasteiger partial charge in [-0.3, -0.25) is 9.69 Å². The maximum Gasteiger partial charge on any atom is 0.243 e. The van der Waals surface area contributed by atoms with Crippen LogP contribution in [0.3, 0.4) is 0 Å². The first kappa shape index (κ1) is 25.4. The highest BCUT2D eigenvalue weighted by Gasteiger charge is 2.33.